The van der Waals surface area contributed by atoms with Gasteiger partial charge in [-0.05, 0) is 29.7 Å². The first kappa shape index (κ1) is 15.6. The van der Waals surface area contributed by atoms with Crippen LogP contribution in [0, 0.1) is 0 Å². The molecule has 0 bridgehead atoms. The zero-order chi connectivity index (χ0) is 15.6. The molecule has 0 spiro atoms. The molecule has 21 heavy (non-hydrogen) atoms. The number of primary sulfonamides is 1. The number of hydrogen-bond acceptors (Lipinski definition) is 4. The number of carboxylic acid groups (broad SMARTS) is 1. The summed E-state index contributed by atoms with van der Waals surface area (Å²) in [7, 11) is -4.04. The molecule has 2 aromatic rings. The van der Waals surface area contributed by atoms with Crippen LogP contribution >= 0.6 is 12.6 Å². The molecule has 0 amide bonds. The molecule has 2 aromatic carbocycles. The van der Waals surface area contributed by atoms with E-state index in [1.54, 1.807) is 0 Å². The molecule has 0 aliphatic heterocycles. The Hall–Kier alpha value is -1.83. The second kappa shape index (κ2) is 5.88. The van der Waals surface area contributed by atoms with Gasteiger partial charge in [0.15, 0.2) is 0 Å². The van der Waals surface area contributed by atoms with E-state index in [-0.39, 0.29) is 15.4 Å². The molecule has 0 heterocycles. The molecule has 2 rings (SSSR count). The van der Waals surface area contributed by atoms with Gasteiger partial charge in [0.2, 0.25) is 10.0 Å². The fourth-order valence-corrected chi connectivity index (χ4v) is 3.22. The predicted octanol–water partition coefficient (Wildman–Crippen LogP) is 1.91. The summed E-state index contributed by atoms with van der Waals surface area (Å²) in [6.45, 7) is 0. The Balaban J connectivity index is 2.62. The highest BCUT2D eigenvalue weighted by Gasteiger charge is 2.20. The molecule has 0 aliphatic carbocycles. The van der Waals surface area contributed by atoms with Crippen molar-refractivity contribution in [2.24, 2.45) is 5.14 Å². The van der Waals surface area contributed by atoms with Gasteiger partial charge in [0.25, 0.3) is 0 Å². The third kappa shape index (κ3) is 3.63. The summed E-state index contributed by atoms with van der Waals surface area (Å²) in [5, 5.41) is 14.2. The van der Waals surface area contributed by atoms with E-state index in [0.717, 1.165) is 11.6 Å². The zero-order valence-electron chi connectivity index (χ0n) is 10.9. The Kier molecular flexibility index (Phi) is 4.36. The van der Waals surface area contributed by atoms with E-state index < -0.39 is 16.0 Å². The lowest BCUT2D eigenvalue weighted by atomic mass is 10.0. The van der Waals surface area contributed by atoms with Gasteiger partial charge in [-0.15, -0.1) is 12.6 Å². The molecule has 0 fully saturated rings. The van der Waals surface area contributed by atoms with Crippen LogP contribution in [0.2, 0.25) is 0 Å². The van der Waals surface area contributed by atoms with Crippen LogP contribution in [-0.4, -0.2) is 19.5 Å². The number of rotatable bonds is 4. The maximum Gasteiger partial charge on any atom is 0.335 e. The minimum atomic E-state index is -4.04. The Morgan fingerprint density at radius 1 is 1.19 bits per heavy atom. The van der Waals surface area contributed by atoms with Crippen molar-refractivity contribution < 1.29 is 18.3 Å². The minimum Gasteiger partial charge on any atom is -0.478 e. The van der Waals surface area contributed by atoms with Crippen molar-refractivity contribution in [2.75, 3.05) is 0 Å². The molecule has 0 aromatic heterocycles. The molecular formula is C14H13NO4S2. The summed E-state index contributed by atoms with van der Waals surface area (Å²) in [4.78, 5) is 11.1. The number of carboxylic acids is 1. The van der Waals surface area contributed by atoms with E-state index in [0.29, 0.717) is 12.0 Å². The van der Waals surface area contributed by atoms with Crippen molar-refractivity contribution in [3.63, 3.8) is 0 Å². The third-order valence-electron chi connectivity index (χ3n) is 2.96. The Morgan fingerprint density at radius 2 is 1.81 bits per heavy atom. The van der Waals surface area contributed by atoms with Crippen molar-refractivity contribution in [3.05, 3.63) is 59.2 Å². The van der Waals surface area contributed by atoms with Crippen LogP contribution in [-0.2, 0) is 16.4 Å². The van der Waals surface area contributed by atoms with E-state index in [4.69, 9.17) is 10.2 Å². The van der Waals surface area contributed by atoms with Gasteiger partial charge in [0.05, 0.1) is 10.5 Å². The molecule has 110 valence electrons. The molecule has 0 radical (unpaired) electrons. The summed E-state index contributed by atoms with van der Waals surface area (Å²) in [5.41, 5.74) is 1.10. The van der Waals surface area contributed by atoms with Gasteiger partial charge >= 0.3 is 5.97 Å². The van der Waals surface area contributed by atoms with Crippen molar-refractivity contribution in [1.29, 1.82) is 0 Å². The van der Waals surface area contributed by atoms with Gasteiger partial charge in [0.1, 0.15) is 0 Å². The Morgan fingerprint density at radius 3 is 2.33 bits per heavy atom. The second-order valence-electron chi connectivity index (χ2n) is 4.48. The third-order valence-corrected chi connectivity index (χ3v) is 4.34. The highest BCUT2D eigenvalue weighted by atomic mass is 32.2. The smallest absolute Gasteiger partial charge is 0.335 e. The topological polar surface area (TPSA) is 97.5 Å². The number of nitrogens with two attached hydrogens (primary N) is 1. The minimum absolute atomic E-state index is 0.166. The van der Waals surface area contributed by atoms with E-state index >= 15 is 0 Å². The maximum atomic E-state index is 11.7. The SMILES string of the molecule is NS(=O)(=O)c1cc(C(=O)O)cc(S)c1Cc1ccccc1. The van der Waals surface area contributed by atoms with Gasteiger partial charge in [-0.2, -0.15) is 0 Å². The summed E-state index contributed by atoms with van der Waals surface area (Å²) in [5.74, 6) is -1.23. The standard InChI is InChI=1S/C14H13NO4S2/c15-21(18,19)13-8-10(14(16)17)7-12(20)11(13)6-9-4-2-1-3-5-9/h1-5,7-8,20H,6H2,(H,16,17)(H2,15,18,19). The second-order valence-corrected chi connectivity index (χ2v) is 6.50. The zero-order valence-corrected chi connectivity index (χ0v) is 12.6. The molecule has 0 saturated carbocycles. The molecular weight excluding hydrogens is 310 g/mol. The Labute approximate surface area is 127 Å². The van der Waals surface area contributed by atoms with Crippen LogP contribution in [0.25, 0.3) is 0 Å². The molecule has 3 N–H and O–H groups in total. The molecule has 0 aliphatic rings. The monoisotopic (exact) mass is 323 g/mol. The number of sulfonamides is 1. The first-order chi connectivity index (χ1) is 9.79. The molecule has 0 saturated heterocycles. The summed E-state index contributed by atoms with van der Waals surface area (Å²) in [6.07, 6.45) is 0.297. The van der Waals surface area contributed by atoms with Crippen molar-refractivity contribution in [3.8, 4) is 0 Å². The van der Waals surface area contributed by atoms with Crippen molar-refractivity contribution in [1.82, 2.24) is 0 Å². The summed E-state index contributed by atoms with van der Waals surface area (Å²) >= 11 is 4.21. The quantitative estimate of drug-likeness (QED) is 0.749. The first-order valence-electron chi connectivity index (χ1n) is 5.95. The van der Waals surface area contributed by atoms with E-state index in [9.17, 15) is 13.2 Å². The number of aromatic carboxylic acids is 1. The van der Waals surface area contributed by atoms with Crippen molar-refractivity contribution >= 4 is 28.6 Å². The average molecular weight is 323 g/mol. The predicted molar refractivity (Wildman–Crippen MR) is 81.3 cm³/mol. The van der Waals surface area contributed by atoms with Gasteiger partial charge in [-0.3, -0.25) is 0 Å². The number of carbonyl (C=O) groups is 1. The lowest BCUT2D eigenvalue weighted by molar-refractivity contribution is 0.0696. The van der Waals surface area contributed by atoms with Crippen LogP contribution in [0.1, 0.15) is 21.5 Å². The van der Waals surface area contributed by atoms with Crippen molar-refractivity contribution in [2.45, 2.75) is 16.2 Å². The highest BCUT2D eigenvalue weighted by molar-refractivity contribution is 7.89. The van der Waals surface area contributed by atoms with Gasteiger partial charge in [0, 0.05) is 4.90 Å². The summed E-state index contributed by atoms with van der Waals surface area (Å²) in [6, 6.07) is 11.6. The number of hydrogen-bond donors (Lipinski definition) is 3. The molecule has 5 nitrogen and oxygen atoms in total. The molecule has 0 unspecified atom stereocenters. The lowest BCUT2D eigenvalue weighted by Gasteiger charge is -2.12. The normalized spacial score (nSPS) is 11.3. The van der Waals surface area contributed by atoms with Crippen LogP contribution in [0.5, 0.6) is 0 Å². The van der Waals surface area contributed by atoms with Gasteiger partial charge in [-0.25, -0.2) is 18.4 Å². The number of benzene rings is 2. The Bertz CT molecular complexity index is 786. The molecule has 0 atom stereocenters. The molecule has 7 heteroatoms. The van der Waals surface area contributed by atoms with Crippen LogP contribution in [0.3, 0.4) is 0 Å². The first-order valence-corrected chi connectivity index (χ1v) is 7.94. The van der Waals surface area contributed by atoms with E-state index in [1.165, 1.54) is 6.07 Å². The largest absolute Gasteiger partial charge is 0.478 e. The lowest BCUT2D eigenvalue weighted by Crippen LogP contribution is -2.16. The van der Waals surface area contributed by atoms with E-state index in [2.05, 4.69) is 12.6 Å². The average Bonchev–Trinajstić information content (AvgIpc) is 2.40. The number of thiol groups is 1. The fourth-order valence-electron chi connectivity index (χ4n) is 1.99. The van der Waals surface area contributed by atoms with E-state index in [1.807, 2.05) is 30.3 Å². The maximum absolute atomic E-state index is 11.7. The fraction of sp³-hybridized carbons (Fsp3) is 0.0714. The highest BCUT2D eigenvalue weighted by Crippen LogP contribution is 2.27. The summed E-state index contributed by atoms with van der Waals surface area (Å²) < 4.78 is 23.4. The van der Waals surface area contributed by atoms with Crippen LogP contribution in [0.4, 0.5) is 0 Å². The van der Waals surface area contributed by atoms with Crippen LogP contribution in [0.15, 0.2) is 52.3 Å². The van der Waals surface area contributed by atoms with Gasteiger partial charge in [-0.1, -0.05) is 30.3 Å². The van der Waals surface area contributed by atoms with Crippen LogP contribution < -0.4 is 5.14 Å². The van der Waals surface area contributed by atoms with Gasteiger partial charge < -0.3 is 5.11 Å².